The van der Waals surface area contributed by atoms with Gasteiger partial charge < -0.3 is 5.32 Å². The zero-order valence-electron chi connectivity index (χ0n) is 16.2. The van der Waals surface area contributed by atoms with E-state index < -0.39 is 28.2 Å². The molecule has 0 aliphatic carbocycles. The third-order valence-corrected chi connectivity index (χ3v) is 4.52. The smallest absolute Gasteiger partial charge is 0.334 e. The third kappa shape index (κ3) is 4.12. The number of nitrogens with one attached hydrogen (secondary N) is 3. The molecule has 0 fully saturated rings. The topological polar surface area (TPSA) is 122 Å². The predicted molar refractivity (Wildman–Crippen MR) is 113 cm³/mol. The van der Waals surface area contributed by atoms with Crippen LogP contribution in [0.1, 0.15) is 10.4 Å². The van der Waals surface area contributed by atoms with Crippen molar-refractivity contribution in [1.29, 1.82) is 0 Å². The Morgan fingerprint density at radius 2 is 1.69 bits per heavy atom. The first kappa shape index (κ1) is 20.6. The highest BCUT2D eigenvalue weighted by Gasteiger charge is 2.24. The summed E-state index contributed by atoms with van der Waals surface area (Å²) in [6, 6.07) is 15.3. The van der Waals surface area contributed by atoms with Crippen molar-refractivity contribution in [3.05, 3.63) is 94.3 Å². The molecule has 0 saturated carbocycles. The van der Waals surface area contributed by atoms with Crippen LogP contribution in [-0.4, -0.2) is 20.8 Å². The van der Waals surface area contributed by atoms with Gasteiger partial charge in [0.25, 0.3) is 5.91 Å². The van der Waals surface area contributed by atoms with Crippen LogP contribution in [-0.2, 0) is 0 Å². The quantitative estimate of drug-likeness (QED) is 0.304. The Morgan fingerprint density at radius 1 is 0.938 bits per heavy atom. The van der Waals surface area contributed by atoms with Gasteiger partial charge in [0, 0.05) is 17.3 Å². The average Bonchev–Trinajstić information content (AvgIpc) is 2.79. The van der Waals surface area contributed by atoms with Crippen LogP contribution in [0, 0.1) is 21.7 Å². The molecule has 0 spiro atoms. The van der Waals surface area contributed by atoms with Gasteiger partial charge in [-0.05, 0) is 29.0 Å². The number of nitro groups is 1. The molecule has 0 unspecified atom stereocenters. The average molecular weight is 436 g/mol. The van der Waals surface area contributed by atoms with E-state index >= 15 is 0 Å². The normalized spacial score (nSPS) is 10.6. The van der Waals surface area contributed by atoms with Crippen LogP contribution in [0.2, 0.25) is 0 Å². The number of carbonyl (C=O) groups excluding carboxylic acids is 1. The van der Waals surface area contributed by atoms with Gasteiger partial charge in [0.2, 0.25) is 11.6 Å². The van der Waals surface area contributed by atoms with Gasteiger partial charge >= 0.3 is 5.69 Å². The number of fused-ring (bicyclic) bond motifs is 1. The van der Waals surface area contributed by atoms with Crippen molar-refractivity contribution in [2.75, 3.05) is 10.7 Å². The molecule has 32 heavy (non-hydrogen) atoms. The van der Waals surface area contributed by atoms with Crippen molar-refractivity contribution < 1.29 is 18.5 Å². The molecule has 1 aromatic heterocycles. The lowest BCUT2D eigenvalue weighted by Gasteiger charge is -2.12. The monoisotopic (exact) mass is 436 g/mol. The largest absolute Gasteiger partial charge is 0.355 e. The molecular formula is C21H14F2N6O3. The number of anilines is 3. The van der Waals surface area contributed by atoms with Crippen molar-refractivity contribution >= 4 is 39.7 Å². The number of hydrazine groups is 1. The standard InChI is InChI=1S/C21H14F2N6O3/c22-16-9-8-13(10-17(16)23)26-19-18(29(31)32)20(25-11-24-19)27-28-21(30)15-7-3-5-12-4-1-2-6-14(12)15/h1-11H,(H,28,30)(H2,24,25,26,27). The van der Waals surface area contributed by atoms with E-state index in [9.17, 15) is 23.7 Å². The number of aromatic nitrogens is 2. The Hall–Kier alpha value is -4.67. The van der Waals surface area contributed by atoms with E-state index in [4.69, 9.17) is 0 Å². The minimum Gasteiger partial charge on any atom is -0.334 e. The van der Waals surface area contributed by atoms with Crippen LogP contribution in [0.4, 0.5) is 31.8 Å². The SMILES string of the molecule is O=C(NNc1ncnc(Nc2ccc(F)c(F)c2)c1[N+](=O)[O-])c1cccc2ccccc12. The number of hydrogen-bond donors (Lipinski definition) is 3. The summed E-state index contributed by atoms with van der Waals surface area (Å²) in [6.45, 7) is 0. The molecule has 0 aliphatic heterocycles. The highest BCUT2D eigenvalue weighted by molar-refractivity contribution is 6.07. The maximum atomic E-state index is 13.5. The van der Waals surface area contributed by atoms with E-state index in [1.165, 1.54) is 6.07 Å². The predicted octanol–water partition coefficient (Wildman–Crippen LogP) is 4.32. The fourth-order valence-electron chi connectivity index (χ4n) is 3.05. The molecule has 9 nitrogen and oxygen atoms in total. The number of benzene rings is 3. The summed E-state index contributed by atoms with van der Waals surface area (Å²) in [4.78, 5) is 31.2. The highest BCUT2D eigenvalue weighted by Crippen LogP contribution is 2.31. The number of nitrogens with zero attached hydrogens (tertiary/aromatic N) is 3. The van der Waals surface area contributed by atoms with Gasteiger partial charge in [0.1, 0.15) is 6.33 Å². The van der Waals surface area contributed by atoms with Crippen molar-refractivity contribution in [1.82, 2.24) is 15.4 Å². The summed E-state index contributed by atoms with van der Waals surface area (Å²) < 4.78 is 26.6. The summed E-state index contributed by atoms with van der Waals surface area (Å²) >= 11 is 0. The fraction of sp³-hybridized carbons (Fsp3) is 0. The van der Waals surface area contributed by atoms with E-state index in [0.717, 1.165) is 23.8 Å². The third-order valence-electron chi connectivity index (χ3n) is 4.52. The van der Waals surface area contributed by atoms with Gasteiger partial charge in [-0.1, -0.05) is 36.4 Å². The minimum absolute atomic E-state index is 0.0384. The lowest BCUT2D eigenvalue weighted by molar-refractivity contribution is -0.383. The van der Waals surface area contributed by atoms with Gasteiger partial charge in [-0.3, -0.25) is 25.8 Å². The van der Waals surface area contributed by atoms with Crippen LogP contribution in [0.3, 0.4) is 0 Å². The summed E-state index contributed by atoms with van der Waals surface area (Å²) in [5, 5.41) is 15.7. The van der Waals surface area contributed by atoms with Crippen molar-refractivity contribution in [3.63, 3.8) is 0 Å². The first-order chi connectivity index (χ1) is 15.4. The molecule has 0 bridgehead atoms. The number of carbonyl (C=O) groups is 1. The molecule has 4 rings (SSSR count). The highest BCUT2D eigenvalue weighted by atomic mass is 19.2. The van der Waals surface area contributed by atoms with Gasteiger partial charge in [-0.25, -0.2) is 18.7 Å². The first-order valence-electron chi connectivity index (χ1n) is 9.19. The number of halogens is 2. The van der Waals surface area contributed by atoms with Crippen molar-refractivity contribution in [2.24, 2.45) is 0 Å². The second-order valence-electron chi connectivity index (χ2n) is 6.54. The maximum Gasteiger partial charge on any atom is 0.355 e. The van der Waals surface area contributed by atoms with Crippen LogP contribution >= 0.6 is 0 Å². The Morgan fingerprint density at radius 3 is 2.47 bits per heavy atom. The molecule has 0 saturated heterocycles. The van der Waals surface area contributed by atoms with E-state index in [1.807, 2.05) is 18.2 Å². The number of rotatable bonds is 6. The van der Waals surface area contributed by atoms with Gasteiger partial charge in [0.15, 0.2) is 11.6 Å². The van der Waals surface area contributed by atoms with Crippen molar-refractivity contribution in [2.45, 2.75) is 0 Å². The lowest BCUT2D eigenvalue weighted by Crippen LogP contribution is -2.30. The van der Waals surface area contributed by atoms with Gasteiger partial charge in [-0.15, -0.1) is 0 Å². The van der Waals surface area contributed by atoms with Crippen LogP contribution in [0.15, 0.2) is 67.0 Å². The molecule has 0 atom stereocenters. The summed E-state index contributed by atoms with van der Waals surface area (Å²) in [7, 11) is 0. The zero-order valence-corrected chi connectivity index (χ0v) is 16.2. The molecule has 1 amide bonds. The summed E-state index contributed by atoms with van der Waals surface area (Å²) in [6.07, 6.45) is 1.02. The molecule has 4 aromatic rings. The number of hydrogen-bond acceptors (Lipinski definition) is 7. The van der Waals surface area contributed by atoms with Crippen LogP contribution < -0.4 is 16.2 Å². The Bertz CT molecular complexity index is 1340. The Kier molecular flexibility index (Phi) is 5.53. The van der Waals surface area contributed by atoms with Crippen LogP contribution in [0.25, 0.3) is 10.8 Å². The molecule has 3 aromatic carbocycles. The van der Waals surface area contributed by atoms with E-state index in [2.05, 4.69) is 26.1 Å². The Balaban J connectivity index is 1.59. The molecule has 1 heterocycles. The summed E-state index contributed by atoms with van der Waals surface area (Å²) in [5.41, 5.74) is 4.62. The molecular weight excluding hydrogens is 422 g/mol. The molecule has 0 radical (unpaired) electrons. The fourth-order valence-corrected chi connectivity index (χ4v) is 3.05. The molecule has 11 heteroatoms. The lowest BCUT2D eigenvalue weighted by atomic mass is 10.0. The maximum absolute atomic E-state index is 13.5. The second kappa shape index (κ2) is 8.60. The Labute approximate surface area is 179 Å². The molecule has 160 valence electrons. The van der Waals surface area contributed by atoms with Crippen LogP contribution in [0.5, 0.6) is 0 Å². The zero-order chi connectivity index (χ0) is 22.7. The van der Waals surface area contributed by atoms with Gasteiger partial charge in [-0.2, -0.15) is 0 Å². The second-order valence-corrected chi connectivity index (χ2v) is 6.54. The molecule has 3 N–H and O–H groups in total. The summed E-state index contributed by atoms with van der Waals surface area (Å²) in [5.74, 6) is -3.31. The minimum atomic E-state index is -1.13. The number of amides is 1. The van der Waals surface area contributed by atoms with E-state index in [0.29, 0.717) is 10.9 Å². The molecule has 0 aliphatic rings. The van der Waals surface area contributed by atoms with Crippen molar-refractivity contribution in [3.8, 4) is 0 Å². The van der Waals surface area contributed by atoms with E-state index in [-0.39, 0.29) is 17.3 Å². The van der Waals surface area contributed by atoms with Gasteiger partial charge in [0.05, 0.1) is 4.92 Å². The van der Waals surface area contributed by atoms with E-state index in [1.54, 1.807) is 24.3 Å². The first-order valence-corrected chi connectivity index (χ1v) is 9.19.